The summed E-state index contributed by atoms with van der Waals surface area (Å²) in [5.41, 5.74) is -3.16. The summed E-state index contributed by atoms with van der Waals surface area (Å²) >= 11 is 6.41. The summed E-state index contributed by atoms with van der Waals surface area (Å²) in [6.45, 7) is 3.11. The second kappa shape index (κ2) is 16.6. The van der Waals surface area contributed by atoms with E-state index in [9.17, 15) is 35.9 Å². The van der Waals surface area contributed by atoms with E-state index in [4.69, 9.17) is 36.3 Å². The summed E-state index contributed by atoms with van der Waals surface area (Å²) in [7, 11) is 1.28. The first kappa shape index (κ1) is 38.9. The van der Waals surface area contributed by atoms with E-state index >= 15 is 0 Å². The summed E-state index contributed by atoms with van der Waals surface area (Å²) < 4.78 is 106. The van der Waals surface area contributed by atoms with Gasteiger partial charge < -0.3 is 24.1 Å². The van der Waals surface area contributed by atoms with Gasteiger partial charge in [0.15, 0.2) is 11.5 Å². The summed E-state index contributed by atoms with van der Waals surface area (Å²) in [5.74, 6) is -1.12. The molecule has 0 aromatic heterocycles. The number of carboxylic acids is 1. The Kier molecular flexibility index (Phi) is 12.4. The normalized spacial score (nSPS) is 16.4. The molecule has 1 amide bonds. The number of carboxylic acid groups (broad SMARTS) is 1. The van der Waals surface area contributed by atoms with Gasteiger partial charge in [0, 0.05) is 31.7 Å². The van der Waals surface area contributed by atoms with E-state index in [-0.39, 0.29) is 63.2 Å². The van der Waals surface area contributed by atoms with Crippen molar-refractivity contribution in [1.29, 1.82) is 0 Å². The largest absolute Gasteiger partial charge is 0.494 e. The molecule has 5 rings (SSSR count). The number of aromatic carboxylic acids is 1. The maximum absolute atomic E-state index is 13.9. The molecule has 3 aromatic rings. The molecule has 2 aliphatic rings. The van der Waals surface area contributed by atoms with Crippen molar-refractivity contribution in [2.75, 3.05) is 59.7 Å². The Labute approximate surface area is 304 Å². The van der Waals surface area contributed by atoms with E-state index < -0.39 is 40.9 Å². The summed E-state index contributed by atoms with van der Waals surface area (Å²) in [5, 5.41) is 9.04. The van der Waals surface area contributed by atoms with E-state index in [0.29, 0.717) is 57.2 Å². The van der Waals surface area contributed by atoms with Crippen LogP contribution < -0.4 is 14.2 Å². The van der Waals surface area contributed by atoms with Crippen molar-refractivity contribution in [2.24, 2.45) is 0 Å². The van der Waals surface area contributed by atoms with Gasteiger partial charge in [0.25, 0.3) is 5.91 Å². The number of thiocarbonyl (C=S) groups is 1. The summed E-state index contributed by atoms with van der Waals surface area (Å²) in [6.07, 6.45) is -8.37. The Morgan fingerprint density at radius 1 is 0.942 bits per heavy atom. The molecule has 2 fully saturated rings. The van der Waals surface area contributed by atoms with Gasteiger partial charge in [-0.1, -0.05) is 24.0 Å². The Morgan fingerprint density at radius 3 is 2.19 bits per heavy atom. The van der Waals surface area contributed by atoms with Gasteiger partial charge in [-0.25, -0.2) is 4.79 Å². The fourth-order valence-corrected chi connectivity index (χ4v) is 6.69. The molecule has 52 heavy (non-hydrogen) atoms. The molecule has 0 radical (unpaired) electrons. The van der Waals surface area contributed by atoms with Crippen molar-refractivity contribution in [2.45, 2.75) is 18.8 Å². The van der Waals surface area contributed by atoms with Gasteiger partial charge in [-0.15, -0.1) is 0 Å². The van der Waals surface area contributed by atoms with Gasteiger partial charge in [0.05, 0.1) is 48.5 Å². The molecule has 0 atom stereocenters. The molecule has 0 unspecified atom stereocenters. The highest BCUT2D eigenvalue weighted by Crippen LogP contribution is 2.45. The SMILES string of the molecule is COc1cc(C=C2SC(=S)N(CCCOc3ccc(C(=O)O)cc3)C2=O)cc(-c2cc(C(F)(F)F)cc(C(F)(F)F)c2)c1OCCN1CCOCC1. The number of alkyl halides is 6. The molecule has 2 heterocycles. The van der Waals surface area contributed by atoms with Gasteiger partial charge in [0.1, 0.15) is 16.7 Å². The van der Waals surface area contributed by atoms with Gasteiger partial charge in [-0.05, 0) is 78.2 Å². The predicted octanol–water partition coefficient (Wildman–Crippen LogP) is 7.48. The second-order valence-corrected chi connectivity index (χ2v) is 13.2. The van der Waals surface area contributed by atoms with Crippen LogP contribution in [-0.2, 0) is 21.9 Å². The number of hydrogen-bond donors (Lipinski definition) is 1. The number of nitrogens with zero attached hydrogens (tertiary/aromatic N) is 2. The zero-order valence-electron chi connectivity index (χ0n) is 27.5. The minimum absolute atomic E-state index is 0.0284. The van der Waals surface area contributed by atoms with Gasteiger partial charge >= 0.3 is 18.3 Å². The first-order valence-corrected chi connectivity index (χ1v) is 17.0. The number of rotatable bonds is 13. The first-order valence-electron chi connectivity index (χ1n) is 15.8. The number of carbonyl (C=O) groups excluding carboxylic acids is 1. The number of halogens is 6. The van der Waals surface area contributed by atoms with Crippen LogP contribution in [0.25, 0.3) is 17.2 Å². The number of thioether (sulfide) groups is 1. The Balaban J connectivity index is 1.42. The van der Waals surface area contributed by atoms with Crippen LogP contribution in [0.15, 0.2) is 59.5 Å². The number of carbonyl (C=O) groups is 2. The highest BCUT2D eigenvalue weighted by atomic mass is 32.2. The molecule has 0 spiro atoms. The maximum Gasteiger partial charge on any atom is 0.416 e. The molecule has 2 saturated heterocycles. The van der Waals surface area contributed by atoms with Crippen LogP contribution in [0, 0.1) is 0 Å². The van der Waals surface area contributed by atoms with Crippen LogP contribution in [-0.4, -0.2) is 90.8 Å². The molecule has 0 aliphatic carbocycles. The third kappa shape index (κ3) is 9.76. The highest BCUT2D eigenvalue weighted by Gasteiger charge is 2.38. The molecular weight excluding hydrogens is 739 g/mol. The molecule has 1 N–H and O–H groups in total. The average Bonchev–Trinajstić information content (AvgIpc) is 3.37. The zero-order chi connectivity index (χ0) is 37.6. The summed E-state index contributed by atoms with van der Waals surface area (Å²) in [6, 6.07) is 9.93. The summed E-state index contributed by atoms with van der Waals surface area (Å²) in [4.78, 5) is 28.0. The van der Waals surface area contributed by atoms with Crippen molar-refractivity contribution in [1.82, 2.24) is 9.80 Å². The molecule has 3 aromatic carbocycles. The Bertz CT molecular complexity index is 1800. The lowest BCUT2D eigenvalue weighted by Gasteiger charge is -2.27. The van der Waals surface area contributed by atoms with E-state index in [1.807, 2.05) is 4.90 Å². The zero-order valence-corrected chi connectivity index (χ0v) is 29.1. The van der Waals surface area contributed by atoms with E-state index in [0.717, 1.165) is 11.8 Å². The first-order chi connectivity index (χ1) is 24.6. The monoisotopic (exact) mass is 770 g/mol. The Hall–Kier alpha value is -4.32. The van der Waals surface area contributed by atoms with Crippen LogP contribution >= 0.6 is 24.0 Å². The van der Waals surface area contributed by atoms with E-state index in [2.05, 4.69) is 0 Å². The van der Waals surface area contributed by atoms with Crippen LogP contribution in [0.4, 0.5) is 26.3 Å². The number of amides is 1. The topological polar surface area (TPSA) is 97.8 Å². The third-order valence-electron chi connectivity index (χ3n) is 8.02. The fourth-order valence-electron chi connectivity index (χ4n) is 5.38. The van der Waals surface area contributed by atoms with Crippen LogP contribution in [0.5, 0.6) is 17.2 Å². The number of morpholine rings is 1. The van der Waals surface area contributed by atoms with Gasteiger partial charge in [-0.3, -0.25) is 14.6 Å². The number of hydrogen-bond acceptors (Lipinski definition) is 9. The quantitative estimate of drug-likeness (QED) is 0.0816. The fraction of sp³-hybridized carbons (Fsp3) is 0.343. The molecule has 0 saturated carbocycles. The molecule has 9 nitrogen and oxygen atoms in total. The molecule has 278 valence electrons. The van der Waals surface area contributed by atoms with Crippen LogP contribution in [0.2, 0.25) is 0 Å². The maximum atomic E-state index is 13.9. The van der Waals surface area contributed by atoms with Crippen molar-refractivity contribution >= 4 is 46.3 Å². The molecule has 0 bridgehead atoms. The predicted molar refractivity (Wildman–Crippen MR) is 185 cm³/mol. The van der Waals surface area contributed by atoms with Crippen molar-refractivity contribution in [3.05, 3.63) is 81.8 Å². The minimum Gasteiger partial charge on any atom is -0.494 e. The average molecular weight is 771 g/mol. The number of ether oxygens (including phenoxy) is 4. The van der Waals surface area contributed by atoms with E-state index in [1.54, 1.807) is 0 Å². The van der Waals surface area contributed by atoms with E-state index in [1.165, 1.54) is 54.5 Å². The van der Waals surface area contributed by atoms with Crippen LogP contribution in [0.1, 0.15) is 33.5 Å². The van der Waals surface area contributed by atoms with Crippen LogP contribution in [0.3, 0.4) is 0 Å². The van der Waals surface area contributed by atoms with Crippen molar-refractivity contribution in [3.63, 3.8) is 0 Å². The number of benzene rings is 3. The molecule has 17 heteroatoms. The number of methoxy groups -OCH3 is 1. The minimum atomic E-state index is -5.08. The Morgan fingerprint density at radius 2 is 1.60 bits per heavy atom. The van der Waals surface area contributed by atoms with Crippen molar-refractivity contribution in [3.8, 4) is 28.4 Å². The highest BCUT2D eigenvalue weighted by molar-refractivity contribution is 8.26. The molecular formula is C35H32F6N2O7S2. The van der Waals surface area contributed by atoms with Crippen molar-refractivity contribution < 1.29 is 60.0 Å². The van der Waals surface area contributed by atoms with Gasteiger partial charge in [-0.2, -0.15) is 26.3 Å². The lowest BCUT2D eigenvalue weighted by Crippen LogP contribution is -2.38. The second-order valence-electron chi connectivity index (χ2n) is 11.6. The smallest absolute Gasteiger partial charge is 0.416 e. The molecule has 2 aliphatic heterocycles. The standard InChI is InChI=1S/C35H32F6N2O7S2/c1-47-28-16-21(17-29-31(44)43(33(51)52-29)7-2-11-49-26-5-3-22(4-6-26)32(45)46)15-27(30(28)50-14-10-42-8-12-48-13-9-42)23-18-24(34(36,37)38)20-25(19-23)35(39,40)41/h3-6,15-20H,2,7-14H2,1H3,(H,45,46). The lowest BCUT2D eigenvalue weighted by atomic mass is 9.96. The third-order valence-corrected chi connectivity index (χ3v) is 9.40. The van der Waals surface area contributed by atoms with Gasteiger partial charge in [0.2, 0.25) is 0 Å². The lowest BCUT2D eigenvalue weighted by molar-refractivity contribution is -0.143.